The molecule has 4 nitrogen and oxygen atoms in total. The second-order valence-corrected chi connectivity index (χ2v) is 5.52. The third kappa shape index (κ3) is 3.61. The van der Waals surface area contributed by atoms with Crippen LogP contribution in [0.2, 0.25) is 0 Å². The van der Waals surface area contributed by atoms with Gasteiger partial charge < -0.3 is 10.5 Å². The zero-order valence-corrected chi connectivity index (χ0v) is 11.4. The monoisotopic (exact) mass is 257 g/mol. The predicted octanol–water partition coefficient (Wildman–Crippen LogP) is 0.458. The van der Waals surface area contributed by atoms with E-state index in [9.17, 15) is 0 Å². The smallest absolute Gasteiger partial charge is 0.0899 e. The van der Waals surface area contributed by atoms with E-state index in [-0.39, 0.29) is 6.04 Å². The van der Waals surface area contributed by atoms with Gasteiger partial charge in [-0.3, -0.25) is 9.80 Å². The number of hydrogen-bond acceptors (Lipinski definition) is 4. The minimum Gasteiger partial charge on any atom is -0.392 e. The number of hydrogen-bond donors (Lipinski definition) is 1. The lowest BCUT2D eigenvalue weighted by molar-refractivity contribution is 0.0479. The first-order chi connectivity index (χ1) is 8.16. The van der Waals surface area contributed by atoms with Gasteiger partial charge >= 0.3 is 0 Å². The molecule has 0 aromatic rings. The Morgan fingerprint density at radius 1 is 1.41 bits per heavy atom. The lowest BCUT2D eigenvalue weighted by Gasteiger charge is -2.38. The van der Waals surface area contributed by atoms with Crippen LogP contribution in [0.25, 0.3) is 0 Å². The molecular formula is C12H23N3OS. The van der Waals surface area contributed by atoms with Crippen LogP contribution in [0.5, 0.6) is 0 Å². The molecule has 98 valence electrons. The molecule has 2 unspecified atom stereocenters. The van der Waals surface area contributed by atoms with E-state index in [4.69, 9.17) is 22.7 Å². The number of piperazine rings is 1. The molecule has 0 saturated carbocycles. The molecule has 2 aliphatic rings. The van der Waals surface area contributed by atoms with Crippen molar-refractivity contribution in [1.29, 1.82) is 0 Å². The van der Waals surface area contributed by atoms with Gasteiger partial charge in [0.25, 0.3) is 0 Å². The van der Waals surface area contributed by atoms with Gasteiger partial charge in [0.15, 0.2) is 0 Å². The quantitative estimate of drug-likeness (QED) is 0.741. The molecule has 0 bridgehead atoms. The fourth-order valence-electron chi connectivity index (χ4n) is 2.59. The summed E-state index contributed by atoms with van der Waals surface area (Å²) in [5.74, 6) is 0. The summed E-state index contributed by atoms with van der Waals surface area (Å²) in [5.41, 5.74) is 5.69. The summed E-state index contributed by atoms with van der Waals surface area (Å²) in [6, 6.07) is 0.231. The van der Waals surface area contributed by atoms with Crippen LogP contribution in [0, 0.1) is 0 Å². The van der Waals surface area contributed by atoms with Gasteiger partial charge in [0.1, 0.15) is 0 Å². The number of rotatable bonds is 4. The molecule has 2 heterocycles. The van der Waals surface area contributed by atoms with Crippen LogP contribution in [0.1, 0.15) is 19.8 Å². The summed E-state index contributed by atoms with van der Waals surface area (Å²) < 4.78 is 5.67. The van der Waals surface area contributed by atoms with Crippen molar-refractivity contribution in [1.82, 2.24) is 9.80 Å². The number of nitrogens with zero attached hydrogens (tertiary/aromatic N) is 2. The highest BCUT2D eigenvalue weighted by Gasteiger charge is 2.25. The van der Waals surface area contributed by atoms with Gasteiger partial charge in [0, 0.05) is 39.3 Å². The number of ether oxygens (including phenoxy) is 1. The van der Waals surface area contributed by atoms with Gasteiger partial charge in [-0.15, -0.1) is 0 Å². The minimum atomic E-state index is 0.231. The van der Waals surface area contributed by atoms with Gasteiger partial charge in [0.2, 0.25) is 0 Å². The lowest BCUT2D eigenvalue weighted by Crippen LogP contribution is -2.53. The second kappa shape index (κ2) is 6.09. The van der Waals surface area contributed by atoms with Gasteiger partial charge in [-0.05, 0) is 19.8 Å². The first kappa shape index (κ1) is 13.2. The molecule has 0 aromatic heterocycles. The van der Waals surface area contributed by atoms with Crippen molar-refractivity contribution in [3.8, 4) is 0 Å². The Bertz CT molecular complexity index is 260. The molecule has 0 aliphatic carbocycles. The van der Waals surface area contributed by atoms with Crippen molar-refractivity contribution < 1.29 is 4.74 Å². The minimum absolute atomic E-state index is 0.231. The highest BCUT2D eigenvalue weighted by Crippen LogP contribution is 2.15. The van der Waals surface area contributed by atoms with Crippen LogP contribution in [-0.2, 0) is 4.74 Å². The molecule has 2 rings (SSSR count). The molecule has 2 fully saturated rings. The Kier molecular flexibility index (Phi) is 4.73. The first-order valence-corrected chi connectivity index (χ1v) is 6.95. The molecule has 17 heavy (non-hydrogen) atoms. The van der Waals surface area contributed by atoms with E-state index in [2.05, 4.69) is 16.7 Å². The normalized spacial score (nSPS) is 29.4. The summed E-state index contributed by atoms with van der Waals surface area (Å²) in [4.78, 5) is 5.48. The van der Waals surface area contributed by atoms with Crippen LogP contribution in [0.4, 0.5) is 0 Å². The van der Waals surface area contributed by atoms with Crippen LogP contribution < -0.4 is 5.73 Å². The highest BCUT2D eigenvalue weighted by molar-refractivity contribution is 7.80. The van der Waals surface area contributed by atoms with Crippen molar-refractivity contribution in [3.63, 3.8) is 0 Å². The Hall–Kier alpha value is -0.230. The van der Waals surface area contributed by atoms with Gasteiger partial charge in [-0.2, -0.15) is 0 Å². The molecule has 2 aliphatic heterocycles. The third-order valence-electron chi connectivity index (χ3n) is 3.85. The van der Waals surface area contributed by atoms with Crippen molar-refractivity contribution >= 4 is 17.2 Å². The average Bonchev–Trinajstić information content (AvgIpc) is 2.82. The largest absolute Gasteiger partial charge is 0.392 e. The fourth-order valence-corrected chi connectivity index (χ4v) is 2.74. The van der Waals surface area contributed by atoms with E-state index < -0.39 is 0 Å². The third-order valence-corrected chi connectivity index (χ3v) is 4.19. The molecule has 0 spiro atoms. The standard InChI is InChI=1S/C12H23N3OS/c1-10(12(13)17)15-6-4-14(5-7-15)9-11-3-2-8-16-11/h10-11H,2-9H2,1H3,(H2,13,17). The SMILES string of the molecule is CC(C(N)=S)N1CCN(CC2CCCO2)CC1. The van der Waals surface area contributed by atoms with E-state index >= 15 is 0 Å². The summed E-state index contributed by atoms with van der Waals surface area (Å²) in [6.07, 6.45) is 2.92. The molecule has 0 radical (unpaired) electrons. The Morgan fingerprint density at radius 3 is 2.65 bits per heavy atom. The maximum Gasteiger partial charge on any atom is 0.0899 e. The van der Waals surface area contributed by atoms with Crippen molar-refractivity contribution in [2.24, 2.45) is 5.73 Å². The molecule has 2 saturated heterocycles. The second-order valence-electron chi connectivity index (χ2n) is 5.05. The Morgan fingerprint density at radius 2 is 2.12 bits per heavy atom. The van der Waals surface area contributed by atoms with Crippen molar-refractivity contribution in [3.05, 3.63) is 0 Å². The molecular weight excluding hydrogens is 234 g/mol. The van der Waals surface area contributed by atoms with Crippen LogP contribution >= 0.6 is 12.2 Å². The highest BCUT2D eigenvalue weighted by atomic mass is 32.1. The summed E-state index contributed by atoms with van der Waals surface area (Å²) in [5, 5.41) is 0. The van der Waals surface area contributed by atoms with E-state index in [0.717, 1.165) is 39.3 Å². The molecule has 2 N–H and O–H groups in total. The van der Waals surface area contributed by atoms with Gasteiger partial charge in [-0.1, -0.05) is 12.2 Å². The molecule has 2 atom stereocenters. The fraction of sp³-hybridized carbons (Fsp3) is 0.917. The molecule has 0 amide bonds. The summed E-state index contributed by atoms with van der Waals surface area (Å²) in [6.45, 7) is 8.46. The summed E-state index contributed by atoms with van der Waals surface area (Å²) >= 11 is 5.05. The summed E-state index contributed by atoms with van der Waals surface area (Å²) in [7, 11) is 0. The van der Waals surface area contributed by atoms with E-state index in [1.165, 1.54) is 12.8 Å². The van der Waals surface area contributed by atoms with Crippen molar-refractivity contribution in [2.75, 3.05) is 39.3 Å². The van der Waals surface area contributed by atoms with Crippen LogP contribution in [0.3, 0.4) is 0 Å². The van der Waals surface area contributed by atoms with Gasteiger partial charge in [-0.25, -0.2) is 0 Å². The predicted molar refractivity (Wildman–Crippen MR) is 73.2 cm³/mol. The first-order valence-electron chi connectivity index (χ1n) is 6.54. The van der Waals surface area contributed by atoms with Crippen molar-refractivity contribution in [2.45, 2.75) is 31.9 Å². The maximum atomic E-state index is 5.69. The van der Waals surface area contributed by atoms with E-state index in [0.29, 0.717) is 11.1 Å². The number of nitrogens with two attached hydrogens (primary N) is 1. The van der Waals surface area contributed by atoms with E-state index in [1.54, 1.807) is 0 Å². The topological polar surface area (TPSA) is 41.7 Å². The Labute approximate surface area is 109 Å². The zero-order valence-electron chi connectivity index (χ0n) is 10.6. The van der Waals surface area contributed by atoms with Crippen LogP contribution in [-0.4, -0.2) is 66.3 Å². The molecule has 5 heteroatoms. The van der Waals surface area contributed by atoms with Gasteiger partial charge in [0.05, 0.1) is 17.1 Å². The zero-order chi connectivity index (χ0) is 12.3. The van der Waals surface area contributed by atoms with E-state index in [1.807, 2.05) is 0 Å². The average molecular weight is 257 g/mol. The van der Waals surface area contributed by atoms with Crippen LogP contribution in [0.15, 0.2) is 0 Å². The lowest BCUT2D eigenvalue weighted by atomic mass is 10.2. The number of thiocarbonyl (C=S) groups is 1. The Balaban J connectivity index is 1.72. The maximum absolute atomic E-state index is 5.69. The molecule has 0 aromatic carbocycles.